The standard InChI is InChI=1S/C14H20O2S4/c1-8(2)9(15)16-10-13(5)17-11(3)7-12(4,19-13)20-14(10,6)18-11/h10H,1,7H2,2-6H3. The maximum atomic E-state index is 12.0. The van der Waals surface area contributed by atoms with Gasteiger partial charge in [0.2, 0.25) is 0 Å². The fourth-order valence-corrected chi connectivity index (χ4v) is 16.3. The number of rotatable bonds is 2. The van der Waals surface area contributed by atoms with E-state index in [0.29, 0.717) is 5.57 Å². The second-order valence-corrected chi connectivity index (χ2v) is 15.3. The Morgan fingerprint density at radius 2 is 1.45 bits per heavy atom. The van der Waals surface area contributed by atoms with Crippen molar-refractivity contribution in [3.8, 4) is 0 Å². The number of hydrogen-bond acceptors (Lipinski definition) is 6. The van der Waals surface area contributed by atoms with Crippen LogP contribution in [0.15, 0.2) is 12.2 Å². The summed E-state index contributed by atoms with van der Waals surface area (Å²) in [4.78, 5) is 12.0. The van der Waals surface area contributed by atoms with Crippen molar-refractivity contribution in [2.75, 3.05) is 0 Å². The summed E-state index contributed by atoms with van der Waals surface area (Å²) in [7, 11) is 0. The smallest absolute Gasteiger partial charge is 0.333 e. The molecule has 4 bridgehead atoms. The Kier molecular flexibility index (Phi) is 3.36. The molecule has 4 fully saturated rings. The molecule has 4 aliphatic rings. The van der Waals surface area contributed by atoms with Gasteiger partial charge in [0.15, 0.2) is 0 Å². The van der Waals surface area contributed by atoms with E-state index in [0.717, 1.165) is 0 Å². The first-order chi connectivity index (χ1) is 8.99. The average Bonchev–Trinajstić information content (AvgIpc) is 2.17. The Labute approximate surface area is 138 Å². The van der Waals surface area contributed by atoms with Crippen LogP contribution in [0, 0.1) is 0 Å². The Bertz CT molecular complexity index is 459. The molecule has 4 heterocycles. The first-order valence-electron chi connectivity index (χ1n) is 6.66. The number of ether oxygens (including phenoxy) is 1. The maximum absolute atomic E-state index is 12.0. The highest BCUT2D eigenvalue weighted by molar-refractivity contribution is 8.38. The van der Waals surface area contributed by atoms with E-state index in [1.165, 1.54) is 6.42 Å². The SMILES string of the molecule is C=C(C)C(=O)OC1C2(C)SC3(C)CC(C)(S2)SC1(C)S3. The van der Waals surface area contributed by atoms with E-state index < -0.39 is 0 Å². The van der Waals surface area contributed by atoms with Gasteiger partial charge in [-0.25, -0.2) is 4.79 Å². The average molecular weight is 349 g/mol. The van der Waals surface area contributed by atoms with Crippen LogP contribution in [0.3, 0.4) is 0 Å². The van der Waals surface area contributed by atoms with E-state index in [2.05, 4.69) is 34.3 Å². The molecule has 0 spiro atoms. The van der Waals surface area contributed by atoms with Crippen molar-refractivity contribution >= 4 is 53.0 Å². The van der Waals surface area contributed by atoms with Crippen molar-refractivity contribution in [3.05, 3.63) is 12.2 Å². The van der Waals surface area contributed by atoms with Crippen LogP contribution in [-0.4, -0.2) is 28.4 Å². The zero-order valence-corrected chi connectivity index (χ0v) is 15.7. The predicted octanol–water partition coefficient (Wildman–Crippen LogP) is 4.70. The molecule has 4 aliphatic heterocycles. The van der Waals surface area contributed by atoms with Gasteiger partial charge in [0.05, 0.1) is 8.16 Å². The zero-order chi connectivity index (χ0) is 15.0. The quantitative estimate of drug-likeness (QED) is 0.530. The highest BCUT2D eigenvalue weighted by atomic mass is 32.3. The lowest BCUT2D eigenvalue weighted by molar-refractivity contribution is -0.145. The van der Waals surface area contributed by atoms with E-state index in [-0.39, 0.29) is 28.4 Å². The summed E-state index contributed by atoms with van der Waals surface area (Å²) in [5.41, 5.74) is 0.480. The van der Waals surface area contributed by atoms with Gasteiger partial charge >= 0.3 is 5.97 Å². The number of thioether (sulfide) groups is 4. The molecule has 2 nitrogen and oxygen atoms in total. The molecule has 4 saturated heterocycles. The molecule has 0 radical (unpaired) electrons. The predicted molar refractivity (Wildman–Crippen MR) is 93.3 cm³/mol. The van der Waals surface area contributed by atoms with E-state index in [9.17, 15) is 4.79 Å². The Balaban J connectivity index is 1.97. The second-order valence-electron chi connectivity index (χ2n) is 6.45. The lowest BCUT2D eigenvalue weighted by Gasteiger charge is -2.68. The Morgan fingerprint density at radius 1 is 1.05 bits per heavy atom. The van der Waals surface area contributed by atoms with Crippen molar-refractivity contribution in [1.29, 1.82) is 0 Å². The van der Waals surface area contributed by atoms with Crippen LogP contribution < -0.4 is 0 Å². The molecule has 0 amide bonds. The molecular formula is C14H20O2S4. The maximum Gasteiger partial charge on any atom is 0.333 e. The third-order valence-corrected chi connectivity index (χ3v) is 10.6. The monoisotopic (exact) mass is 348 g/mol. The Morgan fingerprint density at radius 3 is 1.80 bits per heavy atom. The van der Waals surface area contributed by atoms with Gasteiger partial charge in [-0.15, -0.1) is 47.0 Å². The zero-order valence-electron chi connectivity index (χ0n) is 12.4. The van der Waals surface area contributed by atoms with Crippen LogP contribution in [0.4, 0.5) is 0 Å². The summed E-state index contributed by atoms with van der Waals surface area (Å²) in [6, 6.07) is 0. The molecule has 20 heavy (non-hydrogen) atoms. The van der Waals surface area contributed by atoms with Crippen molar-refractivity contribution in [2.24, 2.45) is 0 Å². The fraction of sp³-hybridized carbons (Fsp3) is 0.786. The molecule has 112 valence electrons. The number of carbonyl (C=O) groups excluding carboxylic acids is 1. The minimum atomic E-state index is -0.261. The molecule has 0 N–H and O–H groups in total. The molecule has 0 aliphatic carbocycles. The van der Waals surface area contributed by atoms with Crippen LogP contribution in [0.25, 0.3) is 0 Å². The van der Waals surface area contributed by atoms with Gasteiger partial charge in [0.1, 0.15) is 14.3 Å². The van der Waals surface area contributed by atoms with Crippen molar-refractivity contribution in [1.82, 2.24) is 0 Å². The summed E-state index contributed by atoms with van der Waals surface area (Å²) in [5, 5.41) is 0. The highest BCUT2D eigenvalue weighted by Crippen LogP contribution is 2.81. The summed E-state index contributed by atoms with van der Waals surface area (Å²) in [5.74, 6) is -0.261. The molecule has 6 heteroatoms. The van der Waals surface area contributed by atoms with Crippen LogP contribution in [0.2, 0.25) is 0 Å². The first-order valence-corrected chi connectivity index (χ1v) is 9.93. The van der Waals surface area contributed by atoms with Crippen LogP contribution in [-0.2, 0) is 9.53 Å². The molecule has 0 unspecified atom stereocenters. The normalized spacial score (nSPS) is 53.0. The van der Waals surface area contributed by atoms with E-state index in [1.807, 2.05) is 47.0 Å². The summed E-state index contributed by atoms with van der Waals surface area (Å²) >= 11 is 7.91. The molecule has 4 rings (SSSR count). The summed E-state index contributed by atoms with van der Waals surface area (Å²) in [6.07, 6.45) is 1.10. The number of esters is 1. The first kappa shape index (κ1) is 15.5. The lowest BCUT2D eigenvalue weighted by Crippen LogP contribution is -2.66. The number of hydrogen-bond donors (Lipinski definition) is 0. The van der Waals surface area contributed by atoms with Crippen molar-refractivity contribution in [3.63, 3.8) is 0 Å². The molecule has 0 saturated carbocycles. The lowest BCUT2D eigenvalue weighted by atomic mass is 10.1. The summed E-state index contributed by atoms with van der Waals surface area (Å²) in [6.45, 7) is 14.6. The van der Waals surface area contributed by atoms with Crippen molar-refractivity contribution in [2.45, 2.75) is 63.5 Å². The topological polar surface area (TPSA) is 26.3 Å². The van der Waals surface area contributed by atoms with E-state index >= 15 is 0 Å². The minimum Gasteiger partial charge on any atom is -0.454 e. The molecule has 0 aromatic carbocycles. The van der Waals surface area contributed by atoms with E-state index in [4.69, 9.17) is 4.74 Å². The Hall–Kier alpha value is 0.610. The van der Waals surface area contributed by atoms with Crippen LogP contribution in [0.1, 0.15) is 41.0 Å². The van der Waals surface area contributed by atoms with Gasteiger partial charge in [0, 0.05) is 5.57 Å². The minimum absolute atomic E-state index is 0.0713. The summed E-state index contributed by atoms with van der Waals surface area (Å²) < 4.78 is 6.17. The third kappa shape index (κ3) is 2.25. The van der Waals surface area contributed by atoms with E-state index in [1.54, 1.807) is 6.92 Å². The number of carbonyl (C=O) groups is 1. The van der Waals surface area contributed by atoms with Crippen molar-refractivity contribution < 1.29 is 9.53 Å². The molecule has 0 aromatic heterocycles. The fourth-order valence-electron chi connectivity index (χ4n) is 3.64. The second kappa shape index (κ2) is 4.33. The van der Waals surface area contributed by atoms with Gasteiger partial charge in [-0.05, 0) is 41.0 Å². The van der Waals surface area contributed by atoms with Crippen LogP contribution >= 0.6 is 47.0 Å². The largest absolute Gasteiger partial charge is 0.454 e. The molecule has 0 aromatic rings. The van der Waals surface area contributed by atoms with Gasteiger partial charge in [-0.2, -0.15) is 0 Å². The highest BCUT2D eigenvalue weighted by Gasteiger charge is 2.71. The molecular weight excluding hydrogens is 328 g/mol. The van der Waals surface area contributed by atoms with Gasteiger partial charge in [0.25, 0.3) is 0 Å². The van der Waals surface area contributed by atoms with Crippen LogP contribution in [0.5, 0.6) is 0 Å². The van der Waals surface area contributed by atoms with Gasteiger partial charge < -0.3 is 4.74 Å². The third-order valence-electron chi connectivity index (χ3n) is 3.84. The molecule has 0 atom stereocenters. The van der Waals surface area contributed by atoms with Gasteiger partial charge in [-0.3, -0.25) is 0 Å². The van der Waals surface area contributed by atoms with Gasteiger partial charge in [-0.1, -0.05) is 6.58 Å².